The Hall–Kier alpha value is -8.64. The number of carboxylic acids is 6. The fraction of sp³-hybridized carbons (Fsp3) is 0.200. The molecule has 6 N–H and O–H groups in total. The van der Waals surface area contributed by atoms with E-state index in [0.717, 1.165) is 66.8 Å². The van der Waals surface area contributed by atoms with Gasteiger partial charge in [0.15, 0.2) is 0 Å². The number of benzene rings is 7. The van der Waals surface area contributed by atoms with Gasteiger partial charge in [-0.15, -0.1) is 0 Å². The fourth-order valence-corrected chi connectivity index (χ4v) is 9.40. The summed E-state index contributed by atoms with van der Waals surface area (Å²) in [6, 6.07) is 41.0. The standard InChI is InChI=1S/C60H54O12/c61-55(62)43-19-1-37(2-20-43)13-31-49-50(32-14-38-3-21-44(22-4-38)56(63)64)52(34-16-40-7-25-46(26-8-40)58(67)68)54(36-18-42-11-29-48(30-12-42)60(71)72)53(35-17-41-9-27-47(28-10-41)59(69)70)51(49)33-15-39-5-23-45(24-6-39)57(65)66/h1-12,19-30H,13-18,31-36H2,(H,61,62)(H,63,64)(H,65,66)(H,67,68)(H,69,70)(H,71,72). The molecule has 12 heteroatoms. The minimum atomic E-state index is -1.03. The van der Waals surface area contributed by atoms with E-state index < -0.39 is 35.8 Å². The van der Waals surface area contributed by atoms with Crippen LogP contribution in [0.5, 0.6) is 0 Å². The molecule has 0 heterocycles. The highest BCUT2D eigenvalue weighted by atomic mass is 16.4. The van der Waals surface area contributed by atoms with E-state index in [1.807, 2.05) is 72.8 Å². The van der Waals surface area contributed by atoms with E-state index in [2.05, 4.69) is 0 Å². The molecule has 0 fully saturated rings. The molecule has 0 saturated heterocycles. The lowest BCUT2D eigenvalue weighted by molar-refractivity contribution is 0.0686. The van der Waals surface area contributed by atoms with Crippen molar-refractivity contribution in [3.63, 3.8) is 0 Å². The normalized spacial score (nSPS) is 11.0. The molecule has 7 aromatic rings. The lowest BCUT2D eigenvalue weighted by Gasteiger charge is -2.28. The van der Waals surface area contributed by atoms with Gasteiger partial charge in [0.05, 0.1) is 33.4 Å². The molecule has 366 valence electrons. The first-order valence-electron chi connectivity index (χ1n) is 23.7. The van der Waals surface area contributed by atoms with Gasteiger partial charge in [-0.05, 0) is 217 Å². The van der Waals surface area contributed by atoms with Crippen LogP contribution in [0.15, 0.2) is 146 Å². The summed E-state index contributed by atoms with van der Waals surface area (Å²) in [7, 11) is 0. The number of rotatable bonds is 24. The maximum Gasteiger partial charge on any atom is 0.335 e. The van der Waals surface area contributed by atoms with E-state index in [-0.39, 0.29) is 33.4 Å². The number of aryl methyl sites for hydroxylation is 6. The zero-order chi connectivity index (χ0) is 51.3. The van der Waals surface area contributed by atoms with Crippen molar-refractivity contribution in [2.24, 2.45) is 0 Å². The van der Waals surface area contributed by atoms with Crippen LogP contribution in [0.3, 0.4) is 0 Å². The summed E-state index contributed by atoms with van der Waals surface area (Å²) in [6.07, 6.45) is 6.71. The molecule has 0 radical (unpaired) electrons. The summed E-state index contributed by atoms with van der Waals surface area (Å²) in [6.45, 7) is 0. The summed E-state index contributed by atoms with van der Waals surface area (Å²) in [5, 5.41) is 58.2. The third-order valence-electron chi connectivity index (χ3n) is 13.4. The monoisotopic (exact) mass is 966 g/mol. The van der Waals surface area contributed by atoms with Crippen molar-refractivity contribution < 1.29 is 59.4 Å². The van der Waals surface area contributed by atoms with Crippen LogP contribution in [0, 0.1) is 0 Å². The van der Waals surface area contributed by atoms with Crippen LogP contribution in [0.1, 0.15) is 129 Å². The minimum absolute atomic E-state index is 0.169. The predicted octanol–water partition coefficient (Wildman–Crippen LogP) is 10.6. The first kappa shape index (κ1) is 51.2. The van der Waals surface area contributed by atoms with Crippen molar-refractivity contribution in [1.29, 1.82) is 0 Å². The Labute approximate surface area is 416 Å². The number of carbonyl (C=O) groups is 6. The molecule has 0 aliphatic heterocycles. The summed E-state index contributed by atoms with van der Waals surface area (Å²) in [5.74, 6) is -6.18. The quantitative estimate of drug-likeness (QED) is 0.0333. The molecular formula is C60H54O12. The molecule has 7 rings (SSSR count). The van der Waals surface area contributed by atoms with Crippen LogP contribution in [0.2, 0.25) is 0 Å². The van der Waals surface area contributed by atoms with Gasteiger partial charge >= 0.3 is 35.8 Å². The summed E-state index contributed by atoms with van der Waals surface area (Å²) in [5.41, 5.74) is 13.3. The second kappa shape index (κ2) is 23.8. The topological polar surface area (TPSA) is 224 Å². The Morgan fingerprint density at radius 3 is 0.403 bits per heavy atom. The Morgan fingerprint density at radius 1 is 0.194 bits per heavy atom. The fourth-order valence-electron chi connectivity index (χ4n) is 9.40. The van der Waals surface area contributed by atoms with Crippen molar-refractivity contribution in [2.45, 2.75) is 77.0 Å². The van der Waals surface area contributed by atoms with Crippen LogP contribution in [0.25, 0.3) is 0 Å². The van der Waals surface area contributed by atoms with E-state index in [9.17, 15) is 59.4 Å². The predicted molar refractivity (Wildman–Crippen MR) is 271 cm³/mol. The Kier molecular flexibility index (Phi) is 16.9. The molecule has 0 saturated carbocycles. The average molecular weight is 967 g/mol. The lowest BCUT2D eigenvalue weighted by Crippen LogP contribution is -2.18. The molecule has 0 aromatic heterocycles. The van der Waals surface area contributed by atoms with Gasteiger partial charge in [-0.1, -0.05) is 72.8 Å². The van der Waals surface area contributed by atoms with E-state index in [0.29, 0.717) is 77.0 Å². The molecule has 0 spiro atoms. The zero-order valence-corrected chi connectivity index (χ0v) is 39.5. The maximum absolute atomic E-state index is 11.8. The van der Waals surface area contributed by atoms with Gasteiger partial charge in [-0.2, -0.15) is 0 Å². The Bertz CT molecular complexity index is 2510. The summed E-state index contributed by atoms with van der Waals surface area (Å²) >= 11 is 0. The highest BCUT2D eigenvalue weighted by molar-refractivity contribution is 5.90. The third-order valence-corrected chi connectivity index (χ3v) is 13.4. The zero-order valence-electron chi connectivity index (χ0n) is 39.5. The van der Waals surface area contributed by atoms with Crippen LogP contribution in [-0.4, -0.2) is 66.5 Å². The smallest absolute Gasteiger partial charge is 0.335 e. The second-order valence-electron chi connectivity index (χ2n) is 17.9. The molecule has 0 aliphatic carbocycles. The highest BCUT2D eigenvalue weighted by Crippen LogP contribution is 2.36. The number of aromatic carboxylic acids is 6. The van der Waals surface area contributed by atoms with Crippen molar-refractivity contribution in [2.75, 3.05) is 0 Å². The molecular weight excluding hydrogens is 913 g/mol. The van der Waals surface area contributed by atoms with Crippen LogP contribution < -0.4 is 0 Å². The number of hydrogen-bond acceptors (Lipinski definition) is 6. The van der Waals surface area contributed by atoms with Crippen molar-refractivity contribution in [3.05, 3.63) is 246 Å². The molecule has 0 unspecified atom stereocenters. The largest absolute Gasteiger partial charge is 0.478 e. The second-order valence-corrected chi connectivity index (χ2v) is 17.9. The van der Waals surface area contributed by atoms with Gasteiger partial charge in [0, 0.05) is 0 Å². The molecule has 0 atom stereocenters. The molecule has 0 bridgehead atoms. The van der Waals surface area contributed by atoms with Crippen molar-refractivity contribution in [3.8, 4) is 0 Å². The van der Waals surface area contributed by atoms with E-state index in [1.54, 1.807) is 72.8 Å². The summed E-state index contributed by atoms with van der Waals surface area (Å²) in [4.78, 5) is 71.1. The van der Waals surface area contributed by atoms with E-state index in [4.69, 9.17) is 0 Å². The first-order chi connectivity index (χ1) is 34.6. The SMILES string of the molecule is O=C(O)c1ccc(CCc2c(CCc3ccc(C(=O)O)cc3)c(CCc3ccc(C(=O)O)cc3)c(CCc3ccc(C(=O)O)cc3)c(CCc3ccc(C(=O)O)cc3)c2CCc2ccc(C(=O)O)cc2)cc1. The molecule has 12 nitrogen and oxygen atoms in total. The third kappa shape index (κ3) is 13.4. The minimum Gasteiger partial charge on any atom is -0.478 e. The Morgan fingerprint density at radius 2 is 0.306 bits per heavy atom. The highest BCUT2D eigenvalue weighted by Gasteiger charge is 2.25. The van der Waals surface area contributed by atoms with E-state index >= 15 is 0 Å². The summed E-state index contributed by atoms with van der Waals surface area (Å²) < 4.78 is 0. The molecule has 72 heavy (non-hydrogen) atoms. The molecule has 7 aromatic carbocycles. The first-order valence-corrected chi connectivity index (χ1v) is 23.7. The van der Waals surface area contributed by atoms with Gasteiger partial charge in [0.25, 0.3) is 0 Å². The number of hydrogen-bond donors (Lipinski definition) is 6. The van der Waals surface area contributed by atoms with Crippen molar-refractivity contribution >= 4 is 35.8 Å². The lowest BCUT2D eigenvalue weighted by atomic mass is 9.76. The van der Waals surface area contributed by atoms with Gasteiger partial charge in [0.2, 0.25) is 0 Å². The Balaban J connectivity index is 1.45. The van der Waals surface area contributed by atoms with Gasteiger partial charge in [-0.3, -0.25) is 0 Å². The number of carboxylic acid groups (broad SMARTS) is 6. The van der Waals surface area contributed by atoms with Gasteiger partial charge < -0.3 is 30.6 Å². The van der Waals surface area contributed by atoms with Crippen LogP contribution in [0.4, 0.5) is 0 Å². The molecule has 0 amide bonds. The average Bonchev–Trinajstić information content (AvgIpc) is 3.38. The molecule has 0 aliphatic rings. The van der Waals surface area contributed by atoms with Crippen molar-refractivity contribution in [1.82, 2.24) is 0 Å². The van der Waals surface area contributed by atoms with Crippen LogP contribution in [-0.2, 0) is 77.0 Å². The maximum atomic E-state index is 11.8. The van der Waals surface area contributed by atoms with Gasteiger partial charge in [0.1, 0.15) is 0 Å². The van der Waals surface area contributed by atoms with Crippen LogP contribution >= 0.6 is 0 Å². The van der Waals surface area contributed by atoms with Gasteiger partial charge in [-0.25, -0.2) is 28.8 Å². The van der Waals surface area contributed by atoms with E-state index in [1.165, 1.54) is 0 Å².